The van der Waals surface area contributed by atoms with Crippen LogP contribution in [0.1, 0.15) is 0 Å². The average Bonchev–Trinajstić information content (AvgIpc) is 2.65. The van der Waals surface area contributed by atoms with Gasteiger partial charge in [0.2, 0.25) is 5.03 Å². The summed E-state index contributed by atoms with van der Waals surface area (Å²) in [6.07, 6.45) is 0. The van der Waals surface area contributed by atoms with E-state index in [9.17, 15) is 8.42 Å². The van der Waals surface area contributed by atoms with Crippen LogP contribution in [-0.4, -0.2) is 23.4 Å². The summed E-state index contributed by atoms with van der Waals surface area (Å²) in [6.45, 7) is 0. The van der Waals surface area contributed by atoms with Crippen molar-refractivity contribution in [1.82, 2.24) is 15.0 Å². The molecule has 0 amide bonds. The Balaban J connectivity index is 2.46. The molecule has 19 heavy (non-hydrogen) atoms. The minimum atomic E-state index is -3.82. The van der Waals surface area contributed by atoms with E-state index in [1.807, 2.05) is 0 Å². The summed E-state index contributed by atoms with van der Waals surface area (Å²) in [7, 11) is -2.33. The van der Waals surface area contributed by atoms with Gasteiger partial charge in [-0.1, -0.05) is 22.9 Å². The van der Waals surface area contributed by atoms with Crippen LogP contribution in [0.25, 0.3) is 0 Å². The molecule has 1 aromatic heterocycles. The third-order valence-corrected chi connectivity index (χ3v) is 5.84. The molecule has 10 heteroatoms. The predicted molar refractivity (Wildman–Crippen MR) is 78.7 cm³/mol. The van der Waals surface area contributed by atoms with Crippen LogP contribution in [0, 0.1) is 0 Å². The summed E-state index contributed by atoms with van der Waals surface area (Å²) in [4.78, 5) is 0. The maximum Gasteiger partial charge on any atom is 0.281 e. The Morgan fingerprint density at radius 3 is 2.63 bits per heavy atom. The minimum Gasteiger partial charge on any atom is -0.277 e. The smallest absolute Gasteiger partial charge is 0.277 e. The van der Waals surface area contributed by atoms with Crippen molar-refractivity contribution in [3.8, 4) is 0 Å². The van der Waals surface area contributed by atoms with Crippen molar-refractivity contribution in [2.75, 3.05) is 4.72 Å². The highest BCUT2D eigenvalue weighted by Crippen LogP contribution is 2.32. The molecule has 2 rings (SSSR count). The van der Waals surface area contributed by atoms with Crippen LogP contribution >= 0.6 is 43.5 Å². The molecule has 1 N–H and O–H groups in total. The molecule has 0 aliphatic rings. The largest absolute Gasteiger partial charge is 0.281 e. The lowest BCUT2D eigenvalue weighted by Gasteiger charge is -2.10. The lowest BCUT2D eigenvalue weighted by atomic mass is 10.3. The predicted octanol–water partition coefficient (Wildman–Crippen LogP) is 2.79. The number of anilines is 1. The molecule has 0 unspecified atom stereocenters. The summed E-state index contributed by atoms with van der Waals surface area (Å²) in [5, 5.41) is 7.60. The zero-order valence-electron chi connectivity index (χ0n) is 9.43. The van der Waals surface area contributed by atoms with Crippen LogP contribution < -0.4 is 4.72 Å². The number of aromatic nitrogens is 3. The van der Waals surface area contributed by atoms with E-state index >= 15 is 0 Å². The van der Waals surface area contributed by atoms with E-state index in [0.717, 1.165) is 4.68 Å². The van der Waals surface area contributed by atoms with Gasteiger partial charge in [-0.05, 0) is 44.0 Å². The van der Waals surface area contributed by atoms with Crippen LogP contribution in [-0.2, 0) is 17.1 Å². The minimum absolute atomic E-state index is 0.0700. The molecule has 0 saturated carbocycles. The first kappa shape index (κ1) is 14.8. The van der Waals surface area contributed by atoms with Crippen LogP contribution in [0.15, 0.2) is 32.3 Å². The lowest BCUT2D eigenvalue weighted by Crippen LogP contribution is -2.17. The number of hydrogen-bond donors (Lipinski definition) is 1. The van der Waals surface area contributed by atoms with Gasteiger partial charge in [0.1, 0.15) is 0 Å². The number of nitrogens with zero attached hydrogens (tertiary/aromatic N) is 3. The van der Waals surface area contributed by atoms with Crippen LogP contribution in [0.3, 0.4) is 0 Å². The van der Waals surface area contributed by atoms with Gasteiger partial charge in [-0.2, -0.15) is 8.42 Å². The fourth-order valence-electron chi connectivity index (χ4n) is 1.38. The van der Waals surface area contributed by atoms with Crippen LogP contribution in [0.4, 0.5) is 5.69 Å². The Hall–Kier alpha value is -0.640. The molecule has 0 radical (unpaired) electrons. The van der Waals surface area contributed by atoms with Crippen molar-refractivity contribution in [3.63, 3.8) is 0 Å². The van der Waals surface area contributed by atoms with Crippen LogP contribution in [0.5, 0.6) is 0 Å². The molecule has 1 aromatic carbocycles. The Bertz CT molecular complexity index is 712. The van der Waals surface area contributed by atoms with Gasteiger partial charge in [0, 0.05) is 7.05 Å². The third-order valence-electron chi connectivity index (χ3n) is 2.19. The third kappa shape index (κ3) is 2.93. The fraction of sp³-hybridized carbons (Fsp3) is 0.111. The van der Waals surface area contributed by atoms with E-state index in [1.54, 1.807) is 18.2 Å². The maximum atomic E-state index is 12.3. The molecule has 0 fully saturated rings. The van der Waals surface area contributed by atoms with Crippen molar-refractivity contribution in [3.05, 3.63) is 32.3 Å². The first-order chi connectivity index (χ1) is 8.83. The Kier molecular flexibility index (Phi) is 4.19. The van der Waals surface area contributed by atoms with Crippen LogP contribution in [0.2, 0.25) is 5.02 Å². The Morgan fingerprint density at radius 2 is 2.05 bits per heavy atom. The quantitative estimate of drug-likeness (QED) is 0.813. The van der Waals surface area contributed by atoms with Crippen molar-refractivity contribution < 1.29 is 8.42 Å². The summed E-state index contributed by atoms with van der Waals surface area (Å²) in [5.74, 6) is 0. The molecule has 102 valence electrons. The molecule has 0 spiro atoms. The molecule has 0 aliphatic heterocycles. The molecule has 0 atom stereocenters. The van der Waals surface area contributed by atoms with Gasteiger partial charge < -0.3 is 0 Å². The molecule has 6 nitrogen and oxygen atoms in total. The SMILES string of the molecule is Cn1nnc(Br)c1S(=O)(=O)Nc1cccc(Cl)c1Br. The van der Waals surface area contributed by atoms with Gasteiger partial charge in [0.15, 0.2) is 4.60 Å². The highest BCUT2D eigenvalue weighted by molar-refractivity contribution is 9.11. The molecule has 0 aliphatic carbocycles. The van der Waals surface area contributed by atoms with Gasteiger partial charge in [0.05, 0.1) is 15.2 Å². The van der Waals surface area contributed by atoms with E-state index in [-0.39, 0.29) is 9.63 Å². The number of benzene rings is 1. The summed E-state index contributed by atoms with van der Waals surface area (Å²) in [5.41, 5.74) is 0.334. The van der Waals surface area contributed by atoms with Crippen molar-refractivity contribution >= 4 is 59.2 Å². The lowest BCUT2D eigenvalue weighted by molar-refractivity contribution is 0.578. The number of hydrogen-bond acceptors (Lipinski definition) is 4. The van der Waals surface area contributed by atoms with Gasteiger partial charge in [-0.15, -0.1) is 5.10 Å². The molecule has 1 heterocycles. The number of halogens is 3. The number of aryl methyl sites for hydroxylation is 1. The number of nitrogens with one attached hydrogen (secondary N) is 1. The number of sulfonamides is 1. The normalized spacial score (nSPS) is 11.6. The molecular formula is C9H7Br2ClN4O2S. The van der Waals surface area contributed by atoms with Crippen molar-refractivity contribution in [2.45, 2.75) is 5.03 Å². The molecule has 2 aromatic rings. The molecular weight excluding hydrogens is 423 g/mol. The summed E-state index contributed by atoms with van der Waals surface area (Å²) in [6, 6.07) is 4.87. The Labute approximate surface area is 131 Å². The van der Waals surface area contributed by atoms with E-state index in [1.165, 1.54) is 7.05 Å². The van der Waals surface area contributed by atoms with E-state index in [4.69, 9.17) is 11.6 Å². The summed E-state index contributed by atoms with van der Waals surface area (Å²) < 4.78 is 28.7. The van der Waals surface area contributed by atoms with Gasteiger partial charge >= 0.3 is 0 Å². The Morgan fingerprint density at radius 1 is 1.37 bits per heavy atom. The second-order valence-corrected chi connectivity index (χ2v) is 7.06. The maximum absolute atomic E-state index is 12.3. The number of rotatable bonds is 3. The van der Waals surface area contributed by atoms with E-state index in [0.29, 0.717) is 15.2 Å². The average molecular weight is 431 g/mol. The highest BCUT2D eigenvalue weighted by Gasteiger charge is 2.24. The van der Waals surface area contributed by atoms with E-state index < -0.39 is 10.0 Å². The van der Waals surface area contributed by atoms with E-state index in [2.05, 4.69) is 46.9 Å². The van der Waals surface area contributed by atoms with Crippen molar-refractivity contribution in [2.24, 2.45) is 7.05 Å². The molecule has 0 bridgehead atoms. The zero-order valence-corrected chi connectivity index (χ0v) is 14.2. The zero-order chi connectivity index (χ0) is 14.2. The van der Waals surface area contributed by atoms with Crippen molar-refractivity contribution in [1.29, 1.82) is 0 Å². The van der Waals surface area contributed by atoms with Gasteiger partial charge in [0.25, 0.3) is 10.0 Å². The second-order valence-electron chi connectivity index (χ2n) is 3.52. The first-order valence-corrected chi connectivity index (χ1v) is 8.29. The van der Waals surface area contributed by atoms with Gasteiger partial charge in [-0.25, -0.2) is 4.68 Å². The fourth-order valence-corrected chi connectivity index (χ4v) is 4.22. The topological polar surface area (TPSA) is 76.9 Å². The van der Waals surface area contributed by atoms with Gasteiger partial charge in [-0.3, -0.25) is 4.72 Å². The second kappa shape index (κ2) is 5.39. The molecule has 0 saturated heterocycles. The first-order valence-electron chi connectivity index (χ1n) is 4.85. The highest BCUT2D eigenvalue weighted by atomic mass is 79.9. The monoisotopic (exact) mass is 428 g/mol. The standard InChI is InChI=1S/C9H7Br2ClN4O2S/c1-16-9(8(11)13-15-16)19(17,18)14-6-4-2-3-5(12)7(6)10/h2-4,14H,1H3. The summed E-state index contributed by atoms with van der Waals surface area (Å²) >= 11 is 12.2.